The molecule has 0 amide bonds. The Morgan fingerprint density at radius 3 is 2.57 bits per heavy atom. The fourth-order valence-corrected chi connectivity index (χ4v) is 6.07. The zero-order valence-corrected chi connectivity index (χ0v) is 17.7. The van der Waals surface area contributed by atoms with Crippen molar-refractivity contribution < 1.29 is 21.9 Å². The molecule has 3 aromatic rings. The van der Waals surface area contributed by atoms with Crippen molar-refractivity contribution in [3.05, 3.63) is 59.1 Å². The molecule has 30 heavy (non-hydrogen) atoms. The highest BCUT2D eigenvalue weighted by Gasteiger charge is 2.33. The molecule has 0 unspecified atom stereocenters. The van der Waals surface area contributed by atoms with Gasteiger partial charge in [-0.1, -0.05) is 23.5 Å². The first-order valence-electron chi connectivity index (χ1n) is 9.32. The minimum Gasteiger partial charge on any atom is -0.496 e. The van der Waals surface area contributed by atoms with Gasteiger partial charge in [0.15, 0.2) is 5.01 Å². The number of ether oxygens (including phenoxy) is 1. The first kappa shape index (κ1) is 20.8. The minimum absolute atomic E-state index is 0.0507. The van der Waals surface area contributed by atoms with E-state index in [1.54, 1.807) is 7.11 Å². The van der Waals surface area contributed by atoms with E-state index in [0.717, 1.165) is 33.8 Å². The molecule has 1 aliphatic rings. The third-order valence-electron chi connectivity index (χ3n) is 5.09. The molecule has 0 atom stereocenters. The Balaban J connectivity index is 1.49. The third-order valence-corrected chi connectivity index (χ3v) is 8.12. The SMILES string of the molecule is COc1ccccc1-c1nnc(C2CCN(S(=O)(=O)c3cc(F)ccc3F)CC2)s1. The maximum absolute atomic E-state index is 14.0. The summed E-state index contributed by atoms with van der Waals surface area (Å²) in [7, 11) is -2.50. The number of aromatic nitrogens is 2. The fraction of sp³-hybridized carbons (Fsp3) is 0.300. The molecule has 0 saturated carbocycles. The summed E-state index contributed by atoms with van der Waals surface area (Å²) in [5.74, 6) is -0.986. The minimum atomic E-state index is -4.10. The van der Waals surface area contributed by atoms with Crippen LogP contribution in [0.15, 0.2) is 47.4 Å². The Kier molecular flexibility index (Phi) is 5.81. The summed E-state index contributed by atoms with van der Waals surface area (Å²) in [6.45, 7) is 0.402. The van der Waals surface area contributed by atoms with Crippen molar-refractivity contribution in [2.45, 2.75) is 23.7 Å². The summed E-state index contributed by atoms with van der Waals surface area (Å²) < 4.78 is 59.5. The van der Waals surface area contributed by atoms with E-state index < -0.39 is 26.6 Å². The van der Waals surface area contributed by atoms with Crippen molar-refractivity contribution in [3.8, 4) is 16.3 Å². The van der Waals surface area contributed by atoms with Crippen molar-refractivity contribution >= 4 is 21.4 Å². The van der Waals surface area contributed by atoms with Crippen molar-refractivity contribution in [1.82, 2.24) is 14.5 Å². The van der Waals surface area contributed by atoms with Crippen LogP contribution in [0.3, 0.4) is 0 Å². The van der Waals surface area contributed by atoms with Gasteiger partial charge in [0.2, 0.25) is 10.0 Å². The Morgan fingerprint density at radius 1 is 1.10 bits per heavy atom. The third kappa shape index (κ3) is 3.94. The second-order valence-electron chi connectivity index (χ2n) is 6.90. The molecule has 10 heteroatoms. The first-order valence-corrected chi connectivity index (χ1v) is 11.6. The molecule has 2 heterocycles. The molecule has 0 bridgehead atoms. The maximum Gasteiger partial charge on any atom is 0.246 e. The van der Waals surface area contributed by atoms with Gasteiger partial charge in [0.1, 0.15) is 27.3 Å². The van der Waals surface area contributed by atoms with Gasteiger partial charge in [-0.15, -0.1) is 10.2 Å². The molecule has 1 aromatic heterocycles. The Morgan fingerprint density at radius 2 is 1.83 bits per heavy atom. The topological polar surface area (TPSA) is 72.4 Å². The molecule has 2 aromatic carbocycles. The van der Waals surface area contributed by atoms with Crippen LogP contribution in [0.1, 0.15) is 23.8 Å². The summed E-state index contributed by atoms with van der Waals surface area (Å²) in [4.78, 5) is -0.629. The molecule has 0 spiro atoms. The lowest BCUT2D eigenvalue weighted by Gasteiger charge is -2.30. The molecule has 1 aliphatic heterocycles. The first-order chi connectivity index (χ1) is 14.4. The average Bonchev–Trinajstić information content (AvgIpc) is 3.25. The van der Waals surface area contributed by atoms with Crippen molar-refractivity contribution in [2.75, 3.05) is 20.2 Å². The normalized spacial score (nSPS) is 16.0. The summed E-state index contributed by atoms with van der Waals surface area (Å²) in [6, 6.07) is 9.98. The summed E-state index contributed by atoms with van der Waals surface area (Å²) in [5.41, 5.74) is 0.852. The van der Waals surface area contributed by atoms with Crippen LogP contribution >= 0.6 is 11.3 Å². The molecule has 0 N–H and O–H groups in total. The lowest BCUT2D eigenvalue weighted by molar-refractivity contribution is 0.317. The zero-order chi connectivity index (χ0) is 21.3. The number of methoxy groups -OCH3 is 1. The molecule has 1 fully saturated rings. The Labute approximate surface area is 177 Å². The van der Waals surface area contributed by atoms with Crippen LogP contribution in [0.25, 0.3) is 10.6 Å². The number of piperidine rings is 1. The molecule has 6 nitrogen and oxygen atoms in total. The van der Waals surface area contributed by atoms with Gasteiger partial charge in [-0.05, 0) is 43.2 Å². The lowest BCUT2D eigenvalue weighted by atomic mass is 9.99. The van der Waals surface area contributed by atoms with Gasteiger partial charge in [0, 0.05) is 19.0 Å². The van der Waals surface area contributed by atoms with Gasteiger partial charge in [0.25, 0.3) is 0 Å². The van der Waals surface area contributed by atoms with Gasteiger partial charge in [-0.2, -0.15) is 4.31 Å². The zero-order valence-electron chi connectivity index (χ0n) is 16.1. The standard InChI is InChI=1S/C20H19F2N3O3S2/c1-28-17-5-3-2-4-15(17)20-24-23-19(29-20)13-8-10-25(11-9-13)30(26,27)18-12-14(21)6-7-16(18)22/h2-7,12-13H,8-11H2,1H3. The molecule has 1 saturated heterocycles. The van der Waals surface area contributed by atoms with Gasteiger partial charge in [0.05, 0.1) is 12.7 Å². The molecule has 4 rings (SSSR count). The van der Waals surface area contributed by atoms with Crippen LogP contribution in [0.5, 0.6) is 5.75 Å². The summed E-state index contributed by atoms with van der Waals surface area (Å²) >= 11 is 1.45. The largest absolute Gasteiger partial charge is 0.496 e. The molecule has 0 radical (unpaired) electrons. The highest BCUT2D eigenvalue weighted by atomic mass is 32.2. The summed E-state index contributed by atoms with van der Waals surface area (Å²) in [6.07, 6.45) is 1.05. The van der Waals surface area contributed by atoms with Crippen LogP contribution in [0.2, 0.25) is 0 Å². The number of sulfonamides is 1. The second-order valence-corrected chi connectivity index (χ2v) is 9.81. The van der Waals surface area contributed by atoms with E-state index in [-0.39, 0.29) is 19.0 Å². The highest BCUT2D eigenvalue weighted by molar-refractivity contribution is 7.89. The van der Waals surface area contributed by atoms with E-state index in [0.29, 0.717) is 18.6 Å². The van der Waals surface area contributed by atoms with Gasteiger partial charge >= 0.3 is 0 Å². The van der Waals surface area contributed by atoms with E-state index in [1.165, 1.54) is 15.6 Å². The molecular weight excluding hydrogens is 432 g/mol. The van der Waals surface area contributed by atoms with E-state index >= 15 is 0 Å². The molecule has 158 valence electrons. The lowest BCUT2D eigenvalue weighted by Crippen LogP contribution is -2.38. The van der Waals surface area contributed by atoms with Gasteiger partial charge in [-0.3, -0.25) is 0 Å². The summed E-state index contributed by atoms with van der Waals surface area (Å²) in [5, 5.41) is 10.1. The van der Waals surface area contributed by atoms with Crippen LogP contribution < -0.4 is 4.74 Å². The van der Waals surface area contributed by atoms with Gasteiger partial charge in [-0.25, -0.2) is 17.2 Å². The van der Waals surface area contributed by atoms with Crippen molar-refractivity contribution in [1.29, 1.82) is 0 Å². The molecule has 0 aliphatic carbocycles. The van der Waals surface area contributed by atoms with E-state index in [2.05, 4.69) is 10.2 Å². The van der Waals surface area contributed by atoms with Crippen molar-refractivity contribution in [2.24, 2.45) is 0 Å². The quantitative estimate of drug-likeness (QED) is 0.585. The average molecular weight is 452 g/mol. The monoisotopic (exact) mass is 451 g/mol. The number of halogens is 2. The van der Waals surface area contributed by atoms with Crippen LogP contribution in [0.4, 0.5) is 8.78 Å². The predicted molar refractivity (Wildman–Crippen MR) is 109 cm³/mol. The Bertz CT molecular complexity index is 1160. The number of hydrogen-bond donors (Lipinski definition) is 0. The Hall–Kier alpha value is -2.43. The number of nitrogens with zero attached hydrogens (tertiary/aromatic N) is 3. The van der Waals surface area contributed by atoms with Crippen molar-refractivity contribution in [3.63, 3.8) is 0 Å². The number of rotatable bonds is 5. The highest BCUT2D eigenvalue weighted by Crippen LogP contribution is 2.37. The maximum atomic E-state index is 14.0. The molecular formula is C20H19F2N3O3S2. The van der Waals surface area contributed by atoms with E-state index in [4.69, 9.17) is 4.74 Å². The smallest absolute Gasteiger partial charge is 0.246 e. The van der Waals surface area contributed by atoms with E-state index in [9.17, 15) is 17.2 Å². The van der Waals surface area contributed by atoms with Crippen LogP contribution in [0, 0.1) is 11.6 Å². The number of para-hydroxylation sites is 1. The van der Waals surface area contributed by atoms with E-state index in [1.807, 2.05) is 24.3 Å². The second kappa shape index (κ2) is 8.37. The number of hydrogen-bond acceptors (Lipinski definition) is 6. The number of benzene rings is 2. The van der Waals surface area contributed by atoms with Gasteiger partial charge < -0.3 is 4.74 Å². The van der Waals surface area contributed by atoms with Crippen LogP contribution in [-0.4, -0.2) is 43.1 Å². The van der Waals surface area contributed by atoms with Crippen LogP contribution in [-0.2, 0) is 10.0 Å². The predicted octanol–water partition coefficient (Wildman–Crippen LogP) is 4.06. The fourth-order valence-electron chi connectivity index (χ4n) is 3.49.